The van der Waals surface area contributed by atoms with E-state index in [1.165, 1.54) is 4.74 Å². The zero-order valence-electron chi connectivity index (χ0n) is 14.1. The van der Waals surface area contributed by atoms with Gasteiger partial charge in [-0.15, -0.1) is 0 Å². The number of halogens is 22. The first-order valence-electron chi connectivity index (χ1n) is 6.72. The molecule has 0 atom stereocenters. The molecule has 0 spiro atoms. The molecular weight excluding hydrogens is 587 g/mol. The number of ether oxygens (including phenoxy) is 2. The van der Waals surface area contributed by atoms with Crippen LogP contribution in [0.15, 0.2) is 0 Å². The van der Waals surface area contributed by atoms with Gasteiger partial charge in [0.1, 0.15) is 0 Å². The Morgan fingerprint density at radius 1 is 0.324 bits per heavy atom. The first kappa shape index (κ1) is 32.7. The van der Waals surface area contributed by atoms with Gasteiger partial charge in [0.2, 0.25) is 0 Å². The fourth-order valence-corrected chi connectivity index (χ4v) is 1.36. The molecule has 0 N–H and O–H groups in total. The highest BCUT2D eigenvalue weighted by atomic mass is 35.5. The van der Waals surface area contributed by atoms with Crippen LogP contribution in [0.2, 0.25) is 0 Å². The predicted octanol–water partition coefficient (Wildman–Crippen LogP) is 7.33. The molecule has 0 bridgehead atoms. The van der Waals surface area contributed by atoms with Gasteiger partial charge in [-0.3, -0.25) is 0 Å². The summed E-state index contributed by atoms with van der Waals surface area (Å²) in [6.07, 6.45) is -38.9. The van der Waals surface area contributed by atoms with Gasteiger partial charge in [-0.05, 0) is 11.6 Å². The summed E-state index contributed by atoms with van der Waals surface area (Å²) in [4.78, 5) is 0. The van der Waals surface area contributed by atoms with Crippen molar-refractivity contribution >= 4 is 11.6 Å². The number of hydrogen-bond acceptors (Lipinski definition) is 2. The standard InChI is InChI=1S/C10ClF21O2/c11-5(20,21)8(27,28)34-10(31,32)9(29,30)33-7(25,26)4(18,19)2(14,15)1(12,13)3(16,17)6(22,23)24. The molecule has 0 aliphatic rings. The van der Waals surface area contributed by atoms with Gasteiger partial charge >= 0.3 is 59.7 Å². The zero-order chi connectivity index (χ0) is 28.4. The second-order valence-electron chi connectivity index (χ2n) is 5.56. The van der Waals surface area contributed by atoms with Crippen LogP contribution in [-0.4, -0.2) is 59.7 Å². The topological polar surface area (TPSA) is 18.5 Å². The largest absolute Gasteiger partial charge is 0.460 e. The number of alkyl halides is 22. The summed E-state index contributed by atoms with van der Waals surface area (Å²) in [6, 6.07) is 0. The number of rotatable bonds is 10. The smallest absolute Gasteiger partial charge is 0.243 e. The van der Waals surface area contributed by atoms with Crippen LogP contribution in [0.4, 0.5) is 92.2 Å². The van der Waals surface area contributed by atoms with E-state index in [1.807, 2.05) is 0 Å². The minimum absolute atomic E-state index is 1.04. The first-order chi connectivity index (χ1) is 14.2. The Hall–Kier alpha value is -1.26. The van der Waals surface area contributed by atoms with E-state index in [-0.39, 0.29) is 0 Å². The Kier molecular flexibility index (Phi) is 7.83. The maximum absolute atomic E-state index is 13.1. The van der Waals surface area contributed by atoms with Crippen LogP contribution in [0.3, 0.4) is 0 Å². The van der Waals surface area contributed by atoms with Crippen LogP contribution < -0.4 is 0 Å². The van der Waals surface area contributed by atoms with Gasteiger partial charge in [-0.25, -0.2) is 9.47 Å². The molecule has 0 rings (SSSR count). The summed E-state index contributed by atoms with van der Waals surface area (Å²) in [6.45, 7) is 0. The Bertz CT molecular complexity index is 733. The van der Waals surface area contributed by atoms with Crippen LogP contribution >= 0.6 is 11.6 Å². The molecule has 2 nitrogen and oxygen atoms in total. The van der Waals surface area contributed by atoms with Crippen LogP contribution in [-0.2, 0) is 9.47 Å². The van der Waals surface area contributed by atoms with Crippen molar-refractivity contribution in [1.82, 2.24) is 0 Å². The van der Waals surface area contributed by atoms with Crippen molar-refractivity contribution in [3.05, 3.63) is 0 Å². The molecule has 0 saturated heterocycles. The molecule has 0 unspecified atom stereocenters. The first-order valence-corrected chi connectivity index (χ1v) is 7.10. The second-order valence-corrected chi connectivity index (χ2v) is 6.04. The molecule has 0 radical (unpaired) electrons. The fourth-order valence-electron chi connectivity index (χ4n) is 1.32. The Labute approximate surface area is 174 Å². The summed E-state index contributed by atoms with van der Waals surface area (Å²) in [5.41, 5.74) is 0. The van der Waals surface area contributed by atoms with Gasteiger partial charge in [-0.1, -0.05) is 0 Å². The summed E-state index contributed by atoms with van der Waals surface area (Å²) in [5.74, 6) is -34.5. The van der Waals surface area contributed by atoms with Crippen molar-refractivity contribution in [1.29, 1.82) is 0 Å². The number of hydrogen-bond donors (Lipinski definition) is 0. The third kappa shape index (κ3) is 5.00. The van der Waals surface area contributed by atoms with E-state index >= 15 is 0 Å². The summed E-state index contributed by atoms with van der Waals surface area (Å²) in [7, 11) is 0. The highest BCUT2D eigenvalue weighted by molar-refractivity contribution is 6.22. The lowest BCUT2D eigenvalue weighted by molar-refractivity contribution is -0.549. The van der Waals surface area contributed by atoms with E-state index in [2.05, 4.69) is 11.6 Å². The molecule has 0 aliphatic carbocycles. The van der Waals surface area contributed by atoms with E-state index in [0.29, 0.717) is 0 Å². The maximum Gasteiger partial charge on any atom is 0.460 e. The molecular formula is C10ClF21O2. The van der Waals surface area contributed by atoms with E-state index in [1.54, 1.807) is 0 Å². The maximum atomic E-state index is 13.1. The van der Waals surface area contributed by atoms with E-state index < -0.39 is 59.7 Å². The fraction of sp³-hybridized carbons (Fsp3) is 1.00. The molecule has 0 heterocycles. The van der Waals surface area contributed by atoms with Crippen LogP contribution in [0.5, 0.6) is 0 Å². The average molecular weight is 587 g/mol. The van der Waals surface area contributed by atoms with Crippen molar-refractivity contribution < 1.29 is 102 Å². The zero-order valence-corrected chi connectivity index (χ0v) is 14.9. The molecule has 206 valence electrons. The normalized spacial score (nSPS) is 16.8. The molecule has 24 heteroatoms. The van der Waals surface area contributed by atoms with Crippen molar-refractivity contribution in [3.63, 3.8) is 0 Å². The summed E-state index contributed by atoms with van der Waals surface area (Å²) < 4.78 is 268. The van der Waals surface area contributed by atoms with Crippen molar-refractivity contribution in [2.24, 2.45) is 0 Å². The highest BCUT2D eigenvalue weighted by Crippen LogP contribution is 2.61. The lowest BCUT2D eigenvalue weighted by atomic mass is 9.97. The molecule has 0 saturated carbocycles. The lowest BCUT2D eigenvalue weighted by Gasteiger charge is -2.40. The monoisotopic (exact) mass is 586 g/mol. The van der Waals surface area contributed by atoms with Gasteiger partial charge in [0, 0.05) is 0 Å². The minimum Gasteiger partial charge on any atom is -0.243 e. The third-order valence-corrected chi connectivity index (χ3v) is 3.31. The molecule has 34 heavy (non-hydrogen) atoms. The van der Waals surface area contributed by atoms with Crippen LogP contribution in [0, 0.1) is 0 Å². The summed E-state index contributed by atoms with van der Waals surface area (Å²) >= 11 is 3.44. The van der Waals surface area contributed by atoms with E-state index in [9.17, 15) is 92.2 Å². The van der Waals surface area contributed by atoms with Gasteiger partial charge in [0.05, 0.1) is 0 Å². The van der Waals surface area contributed by atoms with Gasteiger partial charge in [-0.2, -0.15) is 92.2 Å². The highest BCUT2D eigenvalue weighted by Gasteiger charge is 2.92. The molecule has 0 amide bonds. The van der Waals surface area contributed by atoms with E-state index in [4.69, 9.17) is 0 Å². The Morgan fingerprint density at radius 2 is 0.588 bits per heavy atom. The van der Waals surface area contributed by atoms with E-state index in [0.717, 1.165) is 4.74 Å². The molecule has 0 aromatic heterocycles. The second kappa shape index (κ2) is 8.13. The van der Waals surface area contributed by atoms with Crippen molar-refractivity contribution in [3.8, 4) is 0 Å². The molecule has 0 aromatic rings. The Balaban J connectivity index is 6.42. The average Bonchev–Trinajstić information content (AvgIpc) is 2.49. The summed E-state index contributed by atoms with van der Waals surface area (Å²) in [5, 5.41) is -6.41. The van der Waals surface area contributed by atoms with Crippen molar-refractivity contribution in [2.45, 2.75) is 59.7 Å². The van der Waals surface area contributed by atoms with Crippen LogP contribution in [0.1, 0.15) is 0 Å². The SMILES string of the molecule is FC(F)(F)C(F)(F)C(F)(F)C(F)(F)C(F)(F)C(F)(F)OC(F)(F)C(F)(F)OC(F)(F)C(F)(F)Cl. The predicted molar refractivity (Wildman–Crippen MR) is 58.6 cm³/mol. The minimum atomic E-state index is -8.79. The Morgan fingerprint density at radius 3 is 0.853 bits per heavy atom. The third-order valence-electron chi connectivity index (χ3n) is 3.09. The molecule has 0 fully saturated rings. The van der Waals surface area contributed by atoms with Gasteiger partial charge < -0.3 is 0 Å². The quantitative estimate of drug-likeness (QED) is 0.197. The lowest BCUT2D eigenvalue weighted by Crippen LogP contribution is -2.71. The van der Waals surface area contributed by atoms with Gasteiger partial charge in [0.15, 0.2) is 0 Å². The van der Waals surface area contributed by atoms with Crippen molar-refractivity contribution in [2.75, 3.05) is 0 Å². The molecule has 0 aliphatic heterocycles. The van der Waals surface area contributed by atoms with Crippen LogP contribution in [0.25, 0.3) is 0 Å². The van der Waals surface area contributed by atoms with Gasteiger partial charge in [0.25, 0.3) is 0 Å². The molecule has 0 aromatic carbocycles.